The Morgan fingerprint density at radius 1 is 1.07 bits per heavy atom. The predicted molar refractivity (Wildman–Crippen MR) is 111 cm³/mol. The van der Waals surface area contributed by atoms with E-state index in [1.165, 1.54) is 35.5 Å². The molecular weight excluding hydrogens is 444 g/mol. The van der Waals surface area contributed by atoms with Crippen molar-refractivity contribution in [3.8, 4) is 0 Å². The standard InChI is InChI=1S/C20H21BrN2O4S/c1-14(24)15-5-7-19(8-6-15)28(26,27)23-11-9-16(10-12-23)20(25)22-18-4-2-3-17(21)13-18/h2-8,13,16H,9-12H2,1H3,(H,22,25). The van der Waals surface area contributed by atoms with Crippen LogP contribution in [0, 0.1) is 5.92 Å². The number of benzene rings is 2. The zero-order valence-electron chi connectivity index (χ0n) is 15.4. The van der Waals surface area contributed by atoms with Crippen molar-refractivity contribution in [3.05, 3.63) is 58.6 Å². The predicted octanol–water partition coefficient (Wildman–Crippen LogP) is 3.69. The molecular formula is C20H21BrN2O4S. The third-order valence-corrected chi connectivity index (χ3v) is 7.22. The second kappa shape index (κ2) is 8.55. The summed E-state index contributed by atoms with van der Waals surface area (Å²) in [4.78, 5) is 24.0. The summed E-state index contributed by atoms with van der Waals surface area (Å²) in [7, 11) is -3.63. The van der Waals surface area contributed by atoms with Gasteiger partial charge in [0, 0.05) is 34.7 Å². The van der Waals surface area contributed by atoms with Crippen molar-refractivity contribution < 1.29 is 18.0 Å². The minimum atomic E-state index is -3.63. The SMILES string of the molecule is CC(=O)c1ccc(S(=O)(=O)N2CCC(C(=O)Nc3cccc(Br)c3)CC2)cc1. The fourth-order valence-corrected chi connectivity index (χ4v) is 5.05. The van der Waals surface area contributed by atoms with E-state index in [0.29, 0.717) is 24.1 Å². The molecule has 2 aromatic rings. The highest BCUT2D eigenvalue weighted by Crippen LogP contribution is 2.25. The summed E-state index contributed by atoms with van der Waals surface area (Å²) in [6.45, 7) is 2.01. The Hall–Kier alpha value is -2.03. The molecule has 2 aromatic carbocycles. The highest BCUT2D eigenvalue weighted by molar-refractivity contribution is 9.10. The van der Waals surface area contributed by atoms with Crippen LogP contribution in [-0.4, -0.2) is 37.5 Å². The van der Waals surface area contributed by atoms with Crippen molar-refractivity contribution in [2.75, 3.05) is 18.4 Å². The van der Waals surface area contributed by atoms with Crippen molar-refractivity contribution in [1.29, 1.82) is 0 Å². The number of amides is 1. The number of piperidine rings is 1. The molecule has 0 radical (unpaired) electrons. The number of halogens is 1. The molecule has 28 heavy (non-hydrogen) atoms. The van der Waals surface area contributed by atoms with Crippen LogP contribution in [0.15, 0.2) is 57.9 Å². The number of sulfonamides is 1. The van der Waals surface area contributed by atoms with Crippen LogP contribution < -0.4 is 5.32 Å². The van der Waals surface area contributed by atoms with Crippen molar-refractivity contribution in [2.45, 2.75) is 24.7 Å². The lowest BCUT2D eigenvalue weighted by Crippen LogP contribution is -2.41. The molecule has 0 aliphatic carbocycles. The van der Waals surface area contributed by atoms with Crippen molar-refractivity contribution >= 4 is 43.3 Å². The maximum atomic E-state index is 12.8. The van der Waals surface area contributed by atoms with Crippen LogP contribution in [0.2, 0.25) is 0 Å². The molecule has 1 N–H and O–H groups in total. The quantitative estimate of drug-likeness (QED) is 0.683. The van der Waals surface area contributed by atoms with Crippen LogP contribution in [-0.2, 0) is 14.8 Å². The van der Waals surface area contributed by atoms with Gasteiger partial charge in [0.2, 0.25) is 15.9 Å². The summed E-state index contributed by atoms with van der Waals surface area (Å²) in [5, 5.41) is 2.89. The van der Waals surface area contributed by atoms with Crippen LogP contribution in [0.25, 0.3) is 0 Å². The normalized spacial score (nSPS) is 15.9. The second-order valence-electron chi connectivity index (χ2n) is 6.76. The van der Waals surface area contributed by atoms with Crippen molar-refractivity contribution in [1.82, 2.24) is 4.31 Å². The summed E-state index contributed by atoms with van der Waals surface area (Å²) in [6, 6.07) is 13.3. The van der Waals surface area contributed by atoms with E-state index in [2.05, 4.69) is 21.2 Å². The third kappa shape index (κ3) is 4.68. The molecule has 148 valence electrons. The number of carbonyl (C=O) groups excluding carboxylic acids is 2. The topological polar surface area (TPSA) is 83.6 Å². The average molecular weight is 465 g/mol. The van der Waals surface area contributed by atoms with Gasteiger partial charge in [-0.15, -0.1) is 0 Å². The Morgan fingerprint density at radius 3 is 2.29 bits per heavy atom. The fraction of sp³-hybridized carbons (Fsp3) is 0.300. The number of hydrogen-bond acceptors (Lipinski definition) is 4. The smallest absolute Gasteiger partial charge is 0.243 e. The summed E-state index contributed by atoms with van der Waals surface area (Å²) >= 11 is 3.37. The molecule has 0 aromatic heterocycles. The second-order valence-corrected chi connectivity index (χ2v) is 9.61. The molecule has 0 unspecified atom stereocenters. The molecule has 0 spiro atoms. The number of Topliss-reactive ketones (excluding diaryl/α,β-unsaturated/α-hetero) is 1. The first-order valence-electron chi connectivity index (χ1n) is 8.95. The first-order chi connectivity index (χ1) is 13.3. The lowest BCUT2D eigenvalue weighted by Gasteiger charge is -2.30. The highest BCUT2D eigenvalue weighted by Gasteiger charge is 2.32. The van der Waals surface area contributed by atoms with E-state index in [9.17, 15) is 18.0 Å². The fourth-order valence-electron chi connectivity index (χ4n) is 3.18. The number of ketones is 1. The van der Waals surface area contributed by atoms with Crippen LogP contribution in [0.4, 0.5) is 5.69 Å². The number of anilines is 1. The summed E-state index contributed by atoms with van der Waals surface area (Å²) < 4.78 is 27.9. The largest absolute Gasteiger partial charge is 0.326 e. The van der Waals surface area contributed by atoms with Crippen molar-refractivity contribution in [3.63, 3.8) is 0 Å². The molecule has 1 heterocycles. The maximum Gasteiger partial charge on any atom is 0.243 e. The lowest BCUT2D eigenvalue weighted by molar-refractivity contribution is -0.120. The van der Waals surface area contributed by atoms with Gasteiger partial charge in [-0.25, -0.2) is 8.42 Å². The maximum absolute atomic E-state index is 12.8. The van der Waals surface area contributed by atoms with Crippen LogP contribution >= 0.6 is 15.9 Å². The first-order valence-corrected chi connectivity index (χ1v) is 11.2. The molecule has 1 aliphatic heterocycles. The van der Waals surface area contributed by atoms with E-state index in [1.54, 1.807) is 0 Å². The van der Waals surface area contributed by atoms with Crippen molar-refractivity contribution in [2.24, 2.45) is 5.92 Å². The number of carbonyl (C=O) groups is 2. The van der Waals surface area contributed by atoms with Gasteiger partial charge < -0.3 is 5.32 Å². The Morgan fingerprint density at radius 2 is 1.71 bits per heavy atom. The number of nitrogens with one attached hydrogen (secondary N) is 1. The van der Waals surface area contributed by atoms with Gasteiger partial charge >= 0.3 is 0 Å². The van der Waals surface area contributed by atoms with E-state index < -0.39 is 10.0 Å². The lowest BCUT2D eigenvalue weighted by atomic mass is 9.97. The molecule has 6 nitrogen and oxygen atoms in total. The van der Waals surface area contributed by atoms with Gasteiger partial charge in [0.25, 0.3) is 0 Å². The molecule has 0 atom stereocenters. The van der Waals surface area contributed by atoms with E-state index in [-0.39, 0.29) is 35.6 Å². The molecule has 0 bridgehead atoms. The first kappa shape index (κ1) is 20.7. The Labute approximate surface area is 173 Å². The van der Waals surface area contributed by atoms with Crippen LogP contribution in [0.3, 0.4) is 0 Å². The zero-order chi connectivity index (χ0) is 20.3. The van der Waals surface area contributed by atoms with Gasteiger partial charge in [0.05, 0.1) is 4.90 Å². The van der Waals surface area contributed by atoms with E-state index >= 15 is 0 Å². The monoisotopic (exact) mass is 464 g/mol. The number of rotatable bonds is 5. The summed E-state index contributed by atoms with van der Waals surface area (Å²) in [6.07, 6.45) is 0.926. The Kier molecular flexibility index (Phi) is 6.32. The van der Waals surface area contributed by atoms with Gasteiger partial charge in [-0.2, -0.15) is 4.31 Å². The van der Waals surface area contributed by atoms with Gasteiger partial charge in [0.1, 0.15) is 0 Å². The minimum Gasteiger partial charge on any atom is -0.326 e. The van der Waals surface area contributed by atoms with E-state index in [1.807, 2.05) is 24.3 Å². The molecule has 1 amide bonds. The van der Waals surface area contributed by atoms with E-state index in [4.69, 9.17) is 0 Å². The average Bonchev–Trinajstić information content (AvgIpc) is 2.68. The van der Waals surface area contributed by atoms with Gasteiger partial charge in [-0.05, 0) is 50.1 Å². The molecule has 0 saturated carbocycles. The van der Waals surface area contributed by atoms with Crippen LogP contribution in [0.5, 0.6) is 0 Å². The van der Waals surface area contributed by atoms with Gasteiger partial charge in [0.15, 0.2) is 5.78 Å². The minimum absolute atomic E-state index is 0.0963. The highest BCUT2D eigenvalue weighted by atomic mass is 79.9. The third-order valence-electron chi connectivity index (χ3n) is 4.82. The Bertz CT molecular complexity index is 982. The molecule has 8 heteroatoms. The van der Waals surface area contributed by atoms with Gasteiger partial charge in [-0.1, -0.05) is 34.1 Å². The van der Waals surface area contributed by atoms with Gasteiger partial charge in [-0.3, -0.25) is 9.59 Å². The summed E-state index contributed by atoms with van der Waals surface area (Å²) in [5.74, 6) is -0.437. The zero-order valence-corrected chi connectivity index (χ0v) is 17.8. The van der Waals surface area contributed by atoms with Crippen LogP contribution in [0.1, 0.15) is 30.1 Å². The Balaban J connectivity index is 1.62. The molecule has 3 rings (SSSR count). The number of nitrogens with zero attached hydrogens (tertiary/aromatic N) is 1. The van der Waals surface area contributed by atoms with E-state index in [0.717, 1.165) is 4.47 Å². The summed E-state index contributed by atoms with van der Waals surface area (Å²) in [5.41, 5.74) is 1.18. The molecule has 1 saturated heterocycles. The molecule has 1 fully saturated rings. The number of hydrogen-bond donors (Lipinski definition) is 1. The molecule has 1 aliphatic rings.